The number of fused-ring (bicyclic) bond motifs is 1. The fraction of sp³-hybridized carbons (Fsp3) is 0.348. The zero-order chi connectivity index (χ0) is 21.4. The van der Waals surface area contributed by atoms with Crippen LogP contribution in [0.5, 0.6) is 5.75 Å². The van der Waals surface area contributed by atoms with Crippen molar-refractivity contribution in [1.29, 1.82) is 0 Å². The number of rotatable bonds is 8. The summed E-state index contributed by atoms with van der Waals surface area (Å²) in [6.07, 6.45) is 3.40. The molecule has 0 spiro atoms. The Morgan fingerprint density at radius 1 is 1.23 bits per heavy atom. The maximum atomic E-state index is 14.7. The molecular weight excluding hydrogens is 402 g/mol. The molecule has 1 aliphatic carbocycles. The SMILES string of the molecule is OC(NCc1cccc(OCC2CC2)c1)N1CCc2cc(-c3cn[nH]c3F)c(F)cc21. The molecule has 1 atom stereocenters. The highest BCUT2D eigenvalue weighted by atomic mass is 19.1. The maximum Gasteiger partial charge on any atom is 0.216 e. The molecule has 6 nitrogen and oxygen atoms in total. The van der Waals surface area contributed by atoms with Gasteiger partial charge in [0.2, 0.25) is 5.95 Å². The average molecular weight is 426 g/mol. The zero-order valence-electron chi connectivity index (χ0n) is 16.9. The van der Waals surface area contributed by atoms with Crippen LogP contribution in [0.2, 0.25) is 0 Å². The van der Waals surface area contributed by atoms with Crippen molar-refractivity contribution in [2.45, 2.75) is 32.2 Å². The summed E-state index contributed by atoms with van der Waals surface area (Å²) < 4.78 is 34.3. The Morgan fingerprint density at radius 3 is 2.87 bits per heavy atom. The molecule has 1 aromatic heterocycles. The minimum absolute atomic E-state index is 0.0983. The monoisotopic (exact) mass is 426 g/mol. The number of hydrogen-bond donors (Lipinski definition) is 3. The van der Waals surface area contributed by atoms with Crippen molar-refractivity contribution in [2.24, 2.45) is 5.92 Å². The number of anilines is 1. The van der Waals surface area contributed by atoms with E-state index in [-0.39, 0.29) is 11.1 Å². The number of halogens is 2. The fourth-order valence-electron chi connectivity index (χ4n) is 3.92. The molecule has 0 bridgehead atoms. The number of benzene rings is 2. The van der Waals surface area contributed by atoms with E-state index in [1.165, 1.54) is 25.1 Å². The van der Waals surface area contributed by atoms with Gasteiger partial charge >= 0.3 is 0 Å². The molecule has 31 heavy (non-hydrogen) atoms. The molecule has 1 aliphatic heterocycles. The van der Waals surface area contributed by atoms with Crippen molar-refractivity contribution in [1.82, 2.24) is 15.5 Å². The lowest BCUT2D eigenvalue weighted by molar-refractivity contribution is 0.132. The number of ether oxygens (including phenoxy) is 1. The molecule has 5 rings (SSSR count). The van der Waals surface area contributed by atoms with Gasteiger partial charge in [-0.2, -0.15) is 9.49 Å². The third kappa shape index (κ3) is 4.26. The van der Waals surface area contributed by atoms with Crippen LogP contribution in [0.15, 0.2) is 42.6 Å². The van der Waals surface area contributed by atoms with E-state index in [1.54, 1.807) is 11.0 Å². The van der Waals surface area contributed by atoms with Gasteiger partial charge in [0.15, 0.2) is 6.35 Å². The molecule has 2 aromatic carbocycles. The predicted molar refractivity (Wildman–Crippen MR) is 112 cm³/mol. The summed E-state index contributed by atoms with van der Waals surface area (Å²) in [4.78, 5) is 1.71. The van der Waals surface area contributed by atoms with E-state index < -0.39 is 18.1 Å². The lowest BCUT2D eigenvalue weighted by Gasteiger charge is -2.27. The van der Waals surface area contributed by atoms with Crippen LogP contribution in [0.4, 0.5) is 14.5 Å². The molecule has 0 saturated heterocycles. The minimum Gasteiger partial charge on any atom is -0.493 e. The first kappa shape index (κ1) is 20.0. The van der Waals surface area contributed by atoms with E-state index in [0.29, 0.717) is 31.1 Å². The van der Waals surface area contributed by atoms with E-state index in [0.717, 1.165) is 23.5 Å². The third-order valence-corrected chi connectivity index (χ3v) is 5.85. The lowest BCUT2D eigenvalue weighted by atomic mass is 10.0. The summed E-state index contributed by atoms with van der Waals surface area (Å²) in [7, 11) is 0. The topological polar surface area (TPSA) is 73.4 Å². The number of nitrogens with zero attached hydrogens (tertiary/aromatic N) is 2. The predicted octanol–water partition coefficient (Wildman–Crippen LogP) is 3.57. The van der Waals surface area contributed by atoms with Gasteiger partial charge in [-0.25, -0.2) is 4.39 Å². The van der Waals surface area contributed by atoms with Crippen molar-refractivity contribution in [3.05, 3.63) is 65.5 Å². The van der Waals surface area contributed by atoms with Gasteiger partial charge in [-0.15, -0.1) is 0 Å². The smallest absolute Gasteiger partial charge is 0.216 e. The normalized spacial score (nSPS) is 16.4. The number of aromatic nitrogens is 2. The Labute approximate surface area is 178 Å². The summed E-state index contributed by atoms with van der Waals surface area (Å²) in [5, 5.41) is 19.6. The van der Waals surface area contributed by atoms with Crippen molar-refractivity contribution < 1.29 is 18.6 Å². The van der Waals surface area contributed by atoms with Crippen LogP contribution in [0.1, 0.15) is 24.0 Å². The summed E-state index contributed by atoms with van der Waals surface area (Å²) in [5.74, 6) is 0.287. The van der Waals surface area contributed by atoms with E-state index >= 15 is 0 Å². The number of hydrogen-bond acceptors (Lipinski definition) is 5. The molecule has 3 N–H and O–H groups in total. The average Bonchev–Trinajstić information content (AvgIpc) is 3.37. The van der Waals surface area contributed by atoms with Gasteiger partial charge in [-0.05, 0) is 60.6 Å². The molecular formula is C23H24F2N4O2. The molecule has 0 amide bonds. The Hall–Kier alpha value is -2.97. The molecule has 1 saturated carbocycles. The standard InChI is InChI=1S/C23H24F2N4O2/c24-20-10-21-16(9-18(20)19-12-27-28-22(19)25)6-7-29(21)23(30)26-11-15-2-1-3-17(8-15)31-13-14-4-5-14/h1-3,8-10,12,14,23,26,30H,4-7,11,13H2,(H,27,28). The highest BCUT2D eigenvalue weighted by Crippen LogP contribution is 2.35. The summed E-state index contributed by atoms with van der Waals surface area (Å²) in [5.41, 5.74) is 2.71. The van der Waals surface area contributed by atoms with Crippen LogP contribution >= 0.6 is 0 Å². The van der Waals surface area contributed by atoms with Crippen LogP contribution in [0.25, 0.3) is 11.1 Å². The number of aromatic amines is 1. The van der Waals surface area contributed by atoms with Gasteiger partial charge in [-0.3, -0.25) is 10.4 Å². The molecule has 2 aliphatic rings. The first-order valence-electron chi connectivity index (χ1n) is 10.5. The van der Waals surface area contributed by atoms with Gasteiger partial charge in [0.05, 0.1) is 18.4 Å². The Bertz CT molecular complexity index is 1080. The van der Waals surface area contributed by atoms with Gasteiger partial charge < -0.3 is 14.7 Å². The Morgan fingerprint density at radius 2 is 2.10 bits per heavy atom. The number of aliphatic hydroxyl groups is 1. The Kier molecular flexibility index (Phi) is 5.33. The van der Waals surface area contributed by atoms with Crippen molar-refractivity contribution in [3.63, 3.8) is 0 Å². The second-order valence-corrected chi connectivity index (χ2v) is 8.16. The van der Waals surface area contributed by atoms with E-state index in [1.807, 2.05) is 24.3 Å². The molecule has 2 heterocycles. The second-order valence-electron chi connectivity index (χ2n) is 8.16. The highest BCUT2D eigenvalue weighted by Gasteiger charge is 2.27. The van der Waals surface area contributed by atoms with Gasteiger partial charge in [0, 0.05) is 24.3 Å². The van der Waals surface area contributed by atoms with E-state index in [4.69, 9.17) is 4.74 Å². The Balaban J connectivity index is 1.25. The van der Waals surface area contributed by atoms with Crippen LogP contribution in [0.3, 0.4) is 0 Å². The quantitative estimate of drug-likeness (QED) is 0.481. The van der Waals surface area contributed by atoms with Crippen molar-refractivity contribution >= 4 is 5.69 Å². The number of nitrogens with one attached hydrogen (secondary N) is 2. The van der Waals surface area contributed by atoms with Gasteiger partial charge in [0.1, 0.15) is 11.6 Å². The third-order valence-electron chi connectivity index (χ3n) is 5.85. The molecule has 1 unspecified atom stereocenters. The van der Waals surface area contributed by atoms with Crippen LogP contribution in [-0.2, 0) is 13.0 Å². The number of aliphatic hydroxyl groups excluding tert-OH is 1. The summed E-state index contributed by atoms with van der Waals surface area (Å²) >= 11 is 0. The van der Waals surface area contributed by atoms with Crippen LogP contribution < -0.4 is 15.0 Å². The van der Waals surface area contributed by atoms with Gasteiger partial charge in [0.25, 0.3) is 0 Å². The minimum atomic E-state index is -0.979. The summed E-state index contributed by atoms with van der Waals surface area (Å²) in [6, 6.07) is 10.8. The largest absolute Gasteiger partial charge is 0.493 e. The number of H-pyrrole nitrogens is 1. The van der Waals surface area contributed by atoms with Crippen molar-refractivity contribution in [3.8, 4) is 16.9 Å². The van der Waals surface area contributed by atoms with Crippen LogP contribution in [-0.4, -0.2) is 34.8 Å². The van der Waals surface area contributed by atoms with E-state index in [2.05, 4.69) is 15.5 Å². The maximum absolute atomic E-state index is 14.7. The summed E-state index contributed by atoms with van der Waals surface area (Å²) in [6.45, 7) is 1.72. The first-order valence-corrected chi connectivity index (χ1v) is 10.5. The zero-order valence-corrected chi connectivity index (χ0v) is 16.9. The molecule has 162 valence electrons. The molecule has 3 aromatic rings. The molecule has 0 radical (unpaired) electrons. The molecule has 1 fully saturated rings. The van der Waals surface area contributed by atoms with Crippen LogP contribution in [0, 0.1) is 17.7 Å². The highest BCUT2D eigenvalue weighted by molar-refractivity contribution is 5.71. The fourth-order valence-corrected chi connectivity index (χ4v) is 3.92. The van der Waals surface area contributed by atoms with Gasteiger partial charge in [-0.1, -0.05) is 12.1 Å². The molecule has 8 heteroatoms. The first-order chi connectivity index (χ1) is 15.1. The van der Waals surface area contributed by atoms with Crippen molar-refractivity contribution in [2.75, 3.05) is 18.1 Å². The van der Waals surface area contributed by atoms with E-state index in [9.17, 15) is 13.9 Å². The lowest BCUT2D eigenvalue weighted by Crippen LogP contribution is -2.44. The second kappa shape index (κ2) is 8.28.